The Morgan fingerprint density at radius 2 is 1.54 bits per heavy atom. The zero-order valence-electron chi connectivity index (χ0n) is 14.9. The predicted octanol–water partition coefficient (Wildman–Crippen LogP) is 2.95. The fourth-order valence-corrected chi connectivity index (χ4v) is 3.57. The highest BCUT2D eigenvalue weighted by atomic mass is 16.1. The standard InChI is InChI=1S/C21H22N4O/c1-12-3-7-14(8-4-12)16-11-17-18(20(26)25-21(22)24-17)19(23-16)15-9-5-13(2)6-10-15/h3-10,16,19,23H,11H2,1-2H3,(H3,22,24,25,26). The Morgan fingerprint density at radius 3 is 2.15 bits per heavy atom. The van der Waals surface area contributed by atoms with Gasteiger partial charge >= 0.3 is 0 Å². The second-order valence-electron chi connectivity index (χ2n) is 6.99. The quantitative estimate of drug-likeness (QED) is 0.666. The summed E-state index contributed by atoms with van der Waals surface area (Å²) in [6.45, 7) is 4.13. The molecule has 2 heterocycles. The smallest absolute Gasteiger partial charge is 0.257 e. The van der Waals surface area contributed by atoms with Gasteiger partial charge in [-0.25, -0.2) is 4.98 Å². The zero-order valence-corrected chi connectivity index (χ0v) is 14.9. The van der Waals surface area contributed by atoms with Crippen LogP contribution in [0.1, 0.15) is 45.6 Å². The van der Waals surface area contributed by atoms with Crippen molar-refractivity contribution in [3.05, 3.63) is 92.4 Å². The highest BCUT2D eigenvalue weighted by Crippen LogP contribution is 2.33. The Balaban J connectivity index is 1.83. The lowest BCUT2D eigenvalue weighted by atomic mass is 9.87. The van der Waals surface area contributed by atoms with E-state index < -0.39 is 0 Å². The molecule has 0 fully saturated rings. The molecule has 0 amide bonds. The summed E-state index contributed by atoms with van der Waals surface area (Å²) in [4.78, 5) is 19.7. The van der Waals surface area contributed by atoms with Crippen molar-refractivity contribution in [2.75, 3.05) is 5.73 Å². The summed E-state index contributed by atoms with van der Waals surface area (Å²) in [6.07, 6.45) is 0.634. The minimum absolute atomic E-state index is 0.0723. The second kappa shape index (κ2) is 6.42. The van der Waals surface area contributed by atoms with E-state index in [9.17, 15) is 4.79 Å². The van der Waals surface area contributed by atoms with E-state index in [1.807, 2.05) is 0 Å². The largest absolute Gasteiger partial charge is 0.369 e. The molecule has 1 aromatic heterocycles. The third-order valence-electron chi connectivity index (χ3n) is 5.00. The van der Waals surface area contributed by atoms with Crippen molar-refractivity contribution >= 4 is 5.95 Å². The molecule has 26 heavy (non-hydrogen) atoms. The van der Waals surface area contributed by atoms with Crippen LogP contribution in [0.25, 0.3) is 0 Å². The first-order valence-corrected chi connectivity index (χ1v) is 8.79. The molecule has 2 unspecified atom stereocenters. The third kappa shape index (κ3) is 3.02. The van der Waals surface area contributed by atoms with Gasteiger partial charge in [-0.05, 0) is 25.0 Å². The number of nitrogens with two attached hydrogens (primary N) is 1. The van der Waals surface area contributed by atoms with Gasteiger partial charge in [0, 0.05) is 12.5 Å². The molecule has 0 bridgehead atoms. The summed E-state index contributed by atoms with van der Waals surface area (Å²) in [5.41, 5.74) is 11.7. The lowest BCUT2D eigenvalue weighted by molar-refractivity contribution is 0.440. The SMILES string of the molecule is Cc1ccc(C2Cc3nc(N)[nH]c(=O)c3C(c3ccc(C)cc3)N2)cc1. The van der Waals surface area contributed by atoms with Crippen LogP contribution >= 0.6 is 0 Å². The summed E-state index contributed by atoms with van der Waals surface area (Å²) in [7, 11) is 0. The molecule has 4 rings (SSSR count). The molecule has 4 N–H and O–H groups in total. The Morgan fingerprint density at radius 1 is 0.962 bits per heavy atom. The van der Waals surface area contributed by atoms with Gasteiger partial charge in [-0.2, -0.15) is 0 Å². The summed E-state index contributed by atoms with van der Waals surface area (Å²) in [5, 5.41) is 3.64. The van der Waals surface area contributed by atoms with E-state index in [4.69, 9.17) is 5.73 Å². The number of aryl methyl sites for hydroxylation is 2. The maximum atomic E-state index is 12.6. The van der Waals surface area contributed by atoms with Gasteiger partial charge in [0.15, 0.2) is 0 Å². The Kier molecular flexibility index (Phi) is 4.09. The number of nitrogen functional groups attached to an aromatic ring is 1. The summed E-state index contributed by atoms with van der Waals surface area (Å²) < 4.78 is 0. The average Bonchev–Trinajstić information content (AvgIpc) is 2.61. The minimum Gasteiger partial charge on any atom is -0.369 e. The van der Waals surface area contributed by atoms with Crippen molar-refractivity contribution in [1.29, 1.82) is 0 Å². The molecule has 0 saturated carbocycles. The molecule has 5 heteroatoms. The highest BCUT2D eigenvalue weighted by molar-refractivity contribution is 5.40. The maximum Gasteiger partial charge on any atom is 0.257 e. The normalized spacial score (nSPS) is 19.2. The Labute approximate surface area is 152 Å². The topological polar surface area (TPSA) is 83.8 Å². The van der Waals surface area contributed by atoms with E-state index in [-0.39, 0.29) is 23.6 Å². The number of nitrogens with one attached hydrogen (secondary N) is 2. The van der Waals surface area contributed by atoms with Gasteiger partial charge in [0.05, 0.1) is 17.3 Å². The van der Waals surface area contributed by atoms with Crippen LogP contribution in [-0.4, -0.2) is 9.97 Å². The molecular formula is C21H22N4O. The Bertz CT molecular complexity index is 990. The van der Waals surface area contributed by atoms with Crippen molar-refractivity contribution in [3.63, 3.8) is 0 Å². The zero-order chi connectivity index (χ0) is 18.3. The number of H-pyrrole nitrogens is 1. The number of benzene rings is 2. The minimum atomic E-state index is -0.220. The van der Waals surface area contributed by atoms with E-state index in [0.717, 1.165) is 11.3 Å². The molecule has 2 atom stereocenters. The van der Waals surface area contributed by atoms with E-state index in [1.165, 1.54) is 16.7 Å². The van der Waals surface area contributed by atoms with Crippen LogP contribution in [0.3, 0.4) is 0 Å². The first-order chi connectivity index (χ1) is 12.5. The average molecular weight is 346 g/mol. The van der Waals surface area contributed by atoms with Gasteiger partial charge in [0.25, 0.3) is 5.56 Å². The van der Waals surface area contributed by atoms with E-state index in [2.05, 4.69) is 77.7 Å². The van der Waals surface area contributed by atoms with Gasteiger partial charge in [0.1, 0.15) is 0 Å². The molecule has 0 spiro atoms. The van der Waals surface area contributed by atoms with Crippen molar-refractivity contribution in [2.24, 2.45) is 0 Å². The molecule has 132 valence electrons. The number of aromatic nitrogens is 2. The lowest BCUT2D eigenvalue weighted by Crippen LogP contribution is -2.39. The van der Waals surface area contributed by atoms with Crippen LogP contribution in [-0.2, 0) is 6.42 Å². The van der Waals surface area contributed by atoms with Crippen LogP contribution in [0, 0.1) is 13.8 Å². The fraction of sp³-hybridized carbons (Fsp3) is 0.238. The number of anilines is 1. The molecule has 0 aliphatic carbocycles. The van der Waals surface area contributed by atoms with Gasteiger partial charge in [-0.3, -0.25) is 15.1 Å². The van der Waals surface area contributed by atoms with Crippen molar-refractivity contribution in [3.8, 4) is 0 Å². The van der Waals surface area contributed by atoms with Gasteiger partial charge in [-0.15, -0.1) is 0 Å². The molecule has 3 aromatic rings. The number of hydrogen-bond acceptors (Lipinski definition) is 4. The van der Waals surface area contributed by atoms with Crippen LogP contribution in [0.5, 0.6) is 0 Å². The Hall–Kier alpha value is -2.92. The van der Waals surface area contributed by atoms with Crippen molar-refractivity contribution in [2.45, 2.75) is 32.4 Å². The number of nitrogens with zero attached hydrogens (tertiary/aromatic N) is 1. The lowest BCUT2D eigenvalue weighted by Gasteiger charge is -2.32. The van der Waals surface area contributed by atoms with Crippen LogP contribution in [0.2, 0.25) is 0 Å². The van der Waals surface area contributed by atoms with Crippen molar-refractivity contribution in [1.82, 2.24) is 15.3 Å². The first-order valence-electron chi connectivity index (χ1n) is 8.79. The molecule has 1 aliphatic heterocycles. The van der Waals surface area contributed by atoms with Gasteiger partial charge < -0.3 is 5.73 Å². The van der Waals surface area contributed by atoms with Gasteiger partial charge in [0.2, 0.25) is 5.95 Å². The van der Waals surface area contributed by atoms with E-state index in [1.54, 1.807) is 0 Å². The highest BCUT2D eigenvalue weighted by Gasteiger charge is 2.31. The fourth-order valence-electron chi connectivity index (χ4n) is 3.57. The van der Waals surface area contributed by atoms with Gasteiger partial charge in [-0.1, -0.05) is 59.7 Å². The number of fused-ring (bicyclic) bond motifs is 1. The number of hydrogen-bond donors (Lipinski definition) is 3. The maximum absolute atomic E-state index is 12.6. The predicted molar refractivity (Wildman–Crippen MR) is 103 cm³/mol. The van der Waals surface area contributed by atoms with E-state index >= 15 is 0 Å². The molecule has 0 saturated heterocycles. The van der Waals surface area contributed by atoms with E-state index in [0.29, 0.717) is 12.0 Å². The second-order valence-corrected chi connectivity index (χ2v) is 6.99. The summed E-state index contributed by atoms with van der Waals surface area (Å²) in [6, 6.07) is 16.6. The molecule has 0 radical (unpaired) electrons. The first kappa shape index (κ1) is 16.5. The summed E-state index contributed by atoms with van der Waals surface area (Å²) >= 11 is 0. The third-order valence-corrected chi connectivity index (χ3v) is 5.00. The number of rotatable bonds is 2. The molecule has 5 nitrogen and oxygen atoms in total. The van der Waals surface area contributed by atoms with Crippen LogP contribution in [0.4, 0.5) is 5.95 Å². The molecule has 2 aromatic carbocycles. The molecular weight excluding hydrogens is 324 g/mol. The van der Waals surface area contributed by atoms with Crippen LogP contribution in [0.15, 0.2) is 53.3 Å². The number of aromatic amines is 1. The van der Waals surface area contributed by atoms with Crippen LogP contribution < -0.4 is 16.6 Å². The van der Waals surface area contributed by atoms with Crippen molar-refractivity contribution < 1.29 is 0 Å². The summed E-state index contributed by atoms with van der Waals surface area (Å²) in [5.74, 6) is 0.168. The molecule has 1 aliphatic rings. The monoisotopic (exact) mass is 346 g/mol.